The highest BCUT2D eigenvalue weighted by molar-refractivity contribution is 5.76. The number of carboxylic acid groups (broad SMARTS) is 1. The van der Waals surface area contributed by atoms with Gasteiger partial charge in [-0.15, -0.1) is 0 Å². The molecule has 0 amide bonds. The zero-order valence-electron chi connectivity index (χ0n) is 18.5. The second kappa shape index (κ2) is 10.9. The minimum absolute atomic E-state index is 0.0824. The normalized spacial score (nSPS) is 15.3. The van der Waals surface area contributed by atoms with Crippen molar-refractivity contribution in [1.82, 2.24) is 9.97 Å². The van der Waals surface area contributed by atoms with Crippen molar-refractivity contribution in [2.45, 2.75) is 52.0 Å². The highest BCUT2D eigenvalue weighted by Gasteiger charge is 2.23. The Labute approximate surface area is 183 Å². The number of aliphatic carboxylic acids is 1. The number of hydrogen-bond acceptors (Lipinski definition) is 7. The van der Waals surface area contributed by atoms with Crippen LogP contribution in [0.25, 0.3) is 0 Å². The van der Waals surface area contributed by atoms with Gasteiger partial charge in [-0.2, -0.15) is 0 Å². The fraction of sp³-hybridized carbons (Fsp3) is 0.522. The second-order valence-electron chi connectivity index (χ2n) is 7.70. The largest absolute Gasteiger partial charge is 0.481 e. The SMILES string of the molecule is CCOc1cnc(Nc2cc(C(C)CC(=O)O)ccc2N(CC)C2CCOCC2)cn1. The van der Waals surface area contributed by atoms with Crippen LogP contribution in [0.2, 0.25) is 0 Å². The molecule has 1 unspecified atom stereocenters. The van der Waals surface area contributed by atoms with E-state index in [0.29, 0.717) is 24.3 Å². The third-order valence-corrected chi connectivity index (χ3v) is 5.54. The minimum atomic E-state index is -0.805. The van der Waals surface area contributed by atoms with Crippen LogP contribution < -0.4 is 15.0 Å². The van der Waals surface area contributed by atoms with Crippen molar-refractivity contribution in [2.24, 2.45) is 0 Å². The molecular formula is C23H32N4O4. The predicted octanol–water partition coefficient (Wildman–Crippen LogP) is 4.20. The zero-order valence-corrected chi connectivity index (χ0v) is 18.5. The van der Waals surface area contributed by atoms with E-state index in [1.54, 1.807) is 12.4 Å². The van der Waals surface area contributed by atoms with E-state index in [-0.39, 0.29) is 12.3 Å². The van der Waals surface area contributed by atoms with Crippen molar-refractivity contribution in [2.75, 3.05) is 36.6 Å². The lowest BCUT2D eigenvalue weighted by Gasteiger charge is -2.36. The summed E-state index contributed by atoms with van der Waals surface area (Å²) in [5.41, 5.74) is 2.92. The molecule has 2 N–H and O–H groups in total. The van der Waals surface area contributed by atoms with Gasteiger partial charge in [0, 0.05) is 25.8 Å². The highest BCUT2D eigenvalue weighted by Crippen LogP contribution is 2.35. The molecule has 2 heterocycles. The lowest BCUT2D eigenvalue weighted by atomic mass is 9.96. The number of anilines is 3. The molecule has 31 heavy (non-hydrogen) atoms. The summed E-state index contributed by atoms with van der Waals surface area (Å²) in [6.07, 6.45) is 5.28. The van der Waals surface area contributed by atoms with E-state index in [0.717, 1.165) is 49.5 Å². The Morgan fingerprint density at radius 1 is 1.29 bits per heavy atom. The third kappa shape index (κ3) is 6.07. The van der Waals surface area contributed by atoms with Gasteiger partial charge in [0.05, 0.1) is 36.8 Å². The number of rotatable bonds is 10. The van der Waals surface area contributed by atoms with Gasteiger partial charge in [0.2, 0.25) is 5.88 Å². The number of aromatic nitrogens is 2. The van der Waals surface area contributed by atoms with Crippen LogP contribution in [0.4, 0.5) is 17.2 Å². The Morgan fingerprint density at radius 3 is 2.68 bits per heavy atom. The Bertz CT molecular complexity index is 853. The van der Waals surface area contributed by atoms with Gasteiger partial charge in [0.25, 0.3) is 0 Å². The summed E-state index contributed by atoms with van der Waals surface area (Å²) >= 11 is 0. The maximum Gasteiger partial charge on any atom is 0.303 e. The van der Waals surface area contributed by atoms with Crippen molar-refractivity contribution in [3.05, 3.63) is 36.2 Å². The maximum atomic E-state index is 11.2. The quantitative estimate of drug-likeness (QED) is 0.581. The van der Waals surface area contributed by atoms with Gasteiger partial charge in [-0.3, -0.25) is 4.79 Å². The van der Waals surface area contributed by atoms with Crippen molar-refractivity contribution < 1.29 is 19.4 Å². The molecule has 0 radical (unpaired) electrons. The van der Waals surface area contributed by atoms with Crippen LogP contribution in [0, 0.1) is 0 Å². The monoisotopic (exact) mass is 428 g/mol. The van der Waals surface area contributed by atoms with E-state index in [9.17, 15) is 9.90 Å². The summed E-state index contributed by atoms with van der Waals surface area (Å²) in [6.45, 7) is 8.91. The molecule has 1 aliphatic heterocycles. The van der Waals surface area contributed by atoms with Gasteiger partial charge in [-0.25, -0.2) is 9.97 Å². The first-order chi connectivity index (χ1) is 15.0. The summed E-state index contributed by atoms with van der Waals surface area (Å²) in [7, 11) is 0. The van der Waals surface area contributed by atoms with E-state index in [2.05, 4.69) is 33.2 Å². The standard InChI is InChI=1S/C23H32N4O4/c1-4-27(18-8-10-30-11-9-18)20-7-6-17(16(3)12-23(28)29)13-19(20)26-21-14-25-22(15-24-21)31-5-2/h6-7,13-16,18H,4-5,8-12H2,1-3H3,(H,24,26)(H,28,29). The van der Waals surface area contributed by atoms with Gasteiger partial charge in [-0.05, 0) is 50.3 Å². The first-order valence-electron chi connectivity index (χ1n) is 10.9. The number of nitrogens with one attached hydrogen (secondary N) is 1. The van der Waals surface area contributed by atoms with Gasteiger partial charge in [-0.1, -0.05) is 13.0 Å². The van der Waals surface area contributed by atoms with Crippen LogP contribution in [0.3, 0.4) is 0 Å². The Kier molecular flexibility index (Phi) is 8.06. The summed E-state index contributed by atoms with van der Waals surface area (Å²) < 4.78 is 10.9. The van der Waals surface area contributed by atoms with Gasteiger partial charge < -0.3 is 24.8 Å². The first-order valence-corrected chi connectivity index (χ1v) is 10.9. The molecule has 0 saturated carbocycles. The average molecular weight is 429 g/mol. The maximum absolute atomic E-state index is 11.2. The second-order valence-corrected chi connectivity index (χ2v) is 7.70. The average Bonchev–Trinajstić information content (AvgIpc) is 2.77. The Morgan fingerprint density at radius 2 is 2.06 bits per heavy atom. The van der Waals surface area contributed by atoms with Crippen LogP contribution in [0.1, 0.15) is 51.5 Å². The first kappa shape index (κ1) is 22.8. The van der Waals surface area contributed by atoms with Crippen molar-refractivity contribution >= 4 is 23.2 Å². The van der Waals surface area contributed by atoms with Crippen molar-refractivity contribution in [3.63, 3.8) is 0 Å². The molecule has 1 atom stereocenters. The lowest BCUT2D eigenvalue weighted by molar-refractivity contribution is -0.137. The molecule has 3 rings (SSSR count). The lowest BCUT2D eigenvalue weighted by Crippen LogP contribution is -2.39. The highest BCUT2D eigenvalue weighted by atomic mass is 16.5. The summed E-state index contributed by atoms with van der Waals surface area (Å²) in [5, 5.41) is 12.6. The smallest absolute Gasteiger partial charge is 0.303 e. The molecule has 1 aromatic heterocycles. The number of ether oxygens (including phenoxy) is 2. The number of nitrogens with zero attached hydrogens (tertiary/aromatic N) is 3. The summed E-state index contributed by atoms with van der Waals surface area (Å²) in [6, 6.07) is 6.54. The summed E-state index contributed by atoms with van der Waals surface area (Å²) in [5.74, 6) is 0.183. The Balaban J connectivity index is 1.93. The van der Waals surface area contributed by atoms with Crippen LogP contribution >= 0.6 is 0 Å². The fourth-order valence-corrected chi connectivity index (χ4v) is 3.95. The van der Waals surface area contributed by atoms with Gasteiger partial charge >= 0.3 is 5.97 Å². The molecule has 2 aromatic rings. The topological polar surface area (TPSA) is 96.8 Å². The molecular weight excluding hydrogens is 396 g/mol. The molecule has 1 fully saturated rings. The van der Waals surface area contributed by atoms with E-state index in [4.69, 9.17) is 9.47 Å². The molecule has 1 aromatic carbocycles. The number of carboxylic acids is 1. The van der Waals surface area contributed by atoms with Crippen molar-refractivity contribution in [3.8, 4) is 5.88 Å². The molecule has 0 aliphatic carbocycles. The zero-order chi connectivity index (χ0) is 22.2. The van der Waals surface area contributed by atoms with E-state index < -0.39 is 5.97 Å². The number of carbonyl (C=O) groups is 1. The molecule has 168 valence electrons. The number of benzene rings is 1. The summed E-state index contributed by atoms with van der Waals surface area (Å²) in [4.78, 5) is 22.3. The van der Waals surface area contributed by atoms with Gasteiger partial charge in [0.1, 0.15) is 5.82 Å². The molecule has 0 bridgehead atoms. The van der Waals surface area contributed by atoms with Crippen LogP contribution in [0.5, 0.6) is 5.88 Å². The van der Waals surface area contributed by atoms with Crippen LogP contribution in [0.15, 0.2) is 30.6 Å². The molecule has 1 aliphatic rings. The van der Waals surface area contributed by atoms with Crippen molar-refractivity contribution in [1.29, 1.82) is 0 Å². The van der Waals surface area contributed by atoms with E-state index in [1.165, 1.54) is 0 Å². The van der Waals surface area contributed by atoms with Gasteiger partial charge in [0.15, 0.2) is 0 Å². The van der Waals surface area contributed by atoms with E-state index in [1.807, 2.05) is 26.0 Å². The molecule has 1 saturated heterocycles. The Hall–Kier alpha value is -2.87. The van der Waals surface area contributed by atoms with Crippen LogP contribution in [-0.4, -0.2) is 53.5 Å². The molecule has 8 heteroatoms. The molecule has 8 nitrogen and oxygen atoms in total. The molecule has 0 spiro atoms. The minimum Gasteiger partial charge on any atom is -0.481 e. The number of hydrogen-bond donors (Lipinski definition) is 2. The third-order valence-electron chi connectivity index (χ3n) is 5.54. The predicted molar refractivity (Wildman–Crippen MR) is 120 cm³/mol. The van der Waals surface area contributed by atoms with E-state index >= 15 is 0 Å². The van der Waals surface area contributed by atoms with Crippen LogP contribution in [-0.2, 0) is 9.53 Å². The fourth-order valence-electron chi connectivity index (χ4n) is 3.95.